The minimum atomic E-state index is -1.01. The summed E-state index contributed by atoms with van der Waals surface area (Å²) in [6, 6.07) is 28.6. The Hall–Kier alpha value is -4.38. The quantitative estimate of drug-likeness (QED) is 0.319. The molecule has 0 saturated heterocycles. The second-order valence-corrected chi connectivity index (χ2v) is 7.89. The average molecular weight is 452 g/mol. The second-order valence-electron chi connectivity index (χ2n) is 7.89. The molecule has 0 aliphatic carbocycles. The summed E-state index contributed by atoms with van der Waals surface area (Å²) >= 11 is 0. The zero-order valence-corrected chi connectivity index (χ0v) is 18.8. The number of hydrogen-bond acceptors (Lipinski definition) is 3. The third kappa shape index (κ3) is 5.51. The Morgan fingerprint density at radius 1 is 0.912 bits per heavy atom. The summed E-state index contributed by atoms with van der Waals surface area (Å²) in [5.74, 6) is -0.554. The van der Waals surface area contributed by atoms with Gasteiger partial charge in [0.2, 0.25) is 5.78 Å². The van der Waals surface area contributed by atoms with Crippen LogP contribution in [0.5, 0.6) is 5.75 Å². The van der Waals surface area contributed by atoms with Crippen molar-refractivity contribution in [1.82, 2.24) is 4.57 Å². The first kappa shape index (κ1) is 22.8. The van der Waals surface area contributed by atoms with E-state index in [-0.39, 0.29) is 5.78 Å². The Morgan fingerprint density at radius 3 is 2.47 bits per heavy atom. The van der Waals surface area contributed by atoms with Gasteiger partial charge in [0, 0.05) is 18.3 Å². The molecule has 0 aliphatic rings. The van der Waals surface area contributed by atoms with Crippen LogP contribution >= 0.6 is 0 Å². The first-order chi connectivity index (χ1) is 16.5. The molecule has 34 heavy (non-hydrogen) atoms. The molecule has 4 rings (SSSR count). The minimum absolute atomic E-state index is 0.0331. The molecule has 0 radical (unpaired) electrons. The van der Waals surface area contributed by atoms with Crippen molar-refractivity contribution < 1.29 is 19.4 Å². The molecule has 1 N–H and O–H groups in total. The van der Waals surface area contributed by atoms with Crippen molar-refractivity contribution in [2.24, 2.45) is 0 Å². The van der Waals surface area contributed by atoms with Gasteiger partial charge >= 0.3 is 5.97 Å². The van der Waals surface area contributed by atoms with Crippen LogP contribution < -0.4 is 4.74 Å². The molecule has 5 heteroatoms. The third-order valence-electron chi connectivity index (χ3n) is 5.43. The summed E-state index contributed by atoms with van der Waals surface area (Å²) in [5, 5.41) is 9.02. The van der Waals surface area contributed by atoms with Gasteiger partial charge in [-0.25, -0.2) is 4.79 Å². The molecule has 4 aromatic rings. The van der Waals surface area contributed by atoms with Crippen LogP contribution in [-0.2, 0) is 11.3 Å². The first-order valence-electron chi connectivity index (χ1n) is 11.0. The van der Waals surface area contributed by atoms with E-state index in [1.807, 2.05) is 102 Å². The SMILES string of the molecule is CC(Oc1cccc(C=CCn2cccc2C(=O)c2cccc(-c3ccccc3)c2)c1)C(=O)O. The van der Waals surface area contributed by atoms with Crippen molar-refractivity contribution >= 4 is 17.8 Å². The van der Waals surface area contributed by atoms with E-state index >= 15 is 0 Å². The highest BCUT2D eigenvalue weighted by atomic mass is 16.5. The van der Waals surface area contributed by atoms with Gasteiger partial charge in [-0.2, -0.15) is 0 Å². The Kier molecular flexibility index (Phi) is 7.04. The number of carboxylic acids is 1. The van der Waals surface area contributed by atoms with Crippen LogP contribution in [0.15, 0.2) is 103 Å². The minimum Gasteiger partial charge on any atom is -0.479 e. The predicted octanol–water partition coefficient (Wildman–Crippen LogP) is 5.95. The van der Waals surface area contributed by atoms with E-state index in [4.69, 9.17) is 9.84 Å². The van der Waals surface area contributed by atoms with Crippen LogP contribution in [0.25, 0.3) is 17.2 Å². The summed E-state index contributed by atoms with van der Waals surface area (Å²) in [6.07, 6.45) is 4.83. The molecule has 1 atom stereocenters. The Labute approximate surface area is 198 Å². The fourth-order valence-corrected chi connectivity index (χ4v) is 3.65. The number of carboxylic acid groups (broad SMARTS) is 1. The van der Waals surface area contributed by atoms with Crippen molar-refractivity contribution in [2.75, 3.05) is 0 Å². The van der Waals surface area contributed by atoms with Crippen LogP contribution in [0.4, 0.5) is 0 Å². The summed E-state index contributed by atoms with van der Waals surface area (Å²) in [4.78, 5) is 24.2. The maximum atomic E-state index is 13.2. The number of carbonyl (C=O) groups is 2. The lowest BCUT2D eigenvalue weighted by molar-refractivity contribution is -0.144. The maximum Gasteiger partial charge on any atom is 0.344 e. The molecule has 1 unspecified atom stereocenters. The van der Waals surface area contributed by atoms with Crippen LogP contribution in [0.1, 0.15) is 28.5 Å². The van der Waals surface area contributed by atoms with Crippen molar-refractivity contribution in [3.05, 3.63) is 120 Å². The lowest BCUT2D eigenvalue weighted by Gasteiger charge is -2.10. The lowest BCUT2D eigenvalue weighted by atomic mass is 10.0. The molecule has 0 amide bonds. The van der Waals surface area contributed by atoms with Crippen molar-refractivity contribution in [2.45, 2.75) is 19.6 Å². The molecule has 0 bridgehead atoms. The largest absolute Gasteiger partial charge is 0.479 e. The Morgan fingerprint density at radius 2 is 1.68 bits per heavy atom. The molecule has 170 valence electrons. The summed E-state index contributed by atoms with van der Waals surface area (Å²) < 4.78 is 7.33. The molecule has 0 fully saturated rings. The number of benzene rings is 3. The fourth-order valence-electron chi connectivity index (χ4n) is 3.65. The van der Waals surface area contributed by atoms with Crippen LogP contribution in [0.3, 0.4) is 0 Å². The van der Waals surface area contributed by atoms with Gasteiger partial charge in [0.25, 0.3) is 0 Å². The van der Waals surface area contributed by atoms with Gasteiger partial charge in [-0.3, -0.25) is 4.79 Å². The number of allylic oxidation sites excluding steroid dienone is 1. The fraction of sp³-hybridized carbons (Fsp3) is 0.103. The van der Waals surface area contributed by atoms with Crippen LogP contribution in [0.2, 0.25) is 0 Å². The van der Waals surface area contributed by atoms with Gasteiger partial charge < -0.3 is 14.4 Å². The smallest absolute Gasteiger partial charge is 0.344 e. The highest BCUT2D eigenvalue weighted by Gasteiger charge is 2.14. The van der Waals surface area contributed by atoms with Gasteiger partial charge in [-0.1, -0.05) is 72.8 Å². The van der Waals surface area contributed by atoms with Gasteiger partial charge in [0.05, 0.1) is 5.69 Å². The number of nitrogens with zero attached hydrogens (tertiary/aromatic N) is 1. The second kappa shape index (κ2) is 10.5. The van der Waals surface area contributed by atoms with E-state index in [0.29, 0.717) is 23.6 Å². The van der Waals surface area contributed by atoms with E-state index in [1.54, 1.807) is 12.1 Å². The van der Waals surface area contributed by atoms with E-state index < -0.39 is 12.1 Å². The topological polar surface area (TPSA) is 68.5 Å². The molecule has 0 saturated carbocycles. The van der Waals surface area contributed by atoms with Crippen molar-refractivity contribution in [3.63, 3.8) is 0 Å². The molecule has 5 nitrogen and oxygen atoms in total. The molecule has 0 aliphatic heterocycles. The van der Waals surface area contributed by atoms with Crippen LogP contribution in [-0.4, -0.2) is 27.5 Å². The lowest BCUT2D eigenvalue weighted by Crippen LogP contribution is -2.22. The molecule has 3 aromatic carbocycles. The monoisotopic (exact) mass is 451 g/mol. The van der Waals surface area contributed by atoms with Gasteiger partial charge in [0.15, 0.2) is 6.10 Å². The predicted molar refractivity (Wildman–Crippen MR) is 133 cm³/mol. The molecule has 0 spiro atoms. The van der Waals surface area contributed by atoms with Crippen LogP contribution in [0, 0.1) is 0 Å². The van der Waals surface area contributed by atoms with Crippen molar-refractivity contribution in [3.8, 4) is 16.9 Å². The molecule has 1 heterocycles. The summed E-state index contributed by atoms with van der Waals surface area (Å²) in [6.45, 7) is 2.01. The Balaban J connectivity index is 1.47. The normalized spacial score (nSPS) is 11.9. The molecule has 1 aromatic heterocycles. The van der Waals surface area contributed by atoms with E-state index in [2.05, 4.69) is 0 Å². The summed E-state index contributed by atoms with van der Waals surface area (Å²) in [7, 11) is 0. The van der Waals surface area contributed by atoms with Gasteiger partial charge in [0.1, 0.15) is 5.75 Å². The Bertz CT molecular complexity index is 1320. The number of hydrogen-bond donors (Lipinski definition) is 1. The van der Waals surface area contributed by atoms with Gasteiger partial charge in [-0.05, 0) is 53.9 Å². The average Bonchev–Trinajstić information content (AvgIpc) is 3.33. The molecular weight excluding hydrogens is 426 g/mol. The number of aromatic nitrogens is 1. The third-order valence-corrected chi connectivity index (χ3v) is 5.43. The summed E-state index contributed by atoms with van der Waals surface area (Å²) in [5.41, 5.74) is 4.21. The standard InChI is InChI=1S/C29H25NO4/c1-21(29(32)33)34-26-15-5-9-22(19-26)10-7-17-30-18-8-16-27(30)28(31)25-14-6-13-24(20-25)23-11-3-2-4-12-23/h2-16,18-21H,17H2,1H3,(H,32,33). The highest BCUT2D eigenvalue weighted by molar-refractivity contribution is 6.08. The van der Waals surface area contributed by atoms with Gasteiger partial charge in [-0.15, -0.1) is 0 Å². The number of rotatable bonds is 9. The highest BCUT2D eigenvalue weighted by Crippen LogP contribution is 2.22. The van der Waals surface area contributed by atoms with E-state index in [9.17, 15) is 9.59 Å². The van der Waals surface area contributed by atoms with E-state index in [0.717, 1.165) is 16.7 Å². The zero-order chi connectivity index (χ0) is 23.9. The first-order valence-corrected chi connectivity index (χ1v) is 11.0. The zero-order valence-electron chi connectivity index (χ0n) is 18.8. The number of ether oxygens (including phenoxy) is 1. The number of aliphatic carboxylic acids is 1. The molecular formula is C29H25NO4. The number of carbonyl (C=O) groups excluding carboxylic acids is 1. The number of ketones is 1. The maximum absolute atomic E-state index is 13.2. The van der Waals surface area contributed by atoms with E-state index in [1.165, 1.54) is 6.92 Å². The van der Waals surface area contributed by atoms with Crippen molar-refractivity contribution in [1.29, 1.82) is 0 Å².